The summed E-state index contributed by atoms with van der Waals surface area (Å²) in [5.41, 5.74) is 2.87. The van der Waals surface area contributed by atoms with Crippen molar-refractivity contribution in [1.29, 1.82) is 0 Å². The minimum atomic E-state index is 0.0497. The van der Waals surface area contributed by atoms with Crippen LogP contribution in [0.4, 0.5) is 0 Å². The fraction of sp³-hybridized carbons (Fsp3) is 0.250. The van der Waals surface area contributed by atoms with Crippen molar-refractivity contribution in [1.82, 2.24) is 9.88 Å². The van der Waals surface area contributed by atoms with Crippen molar-refractivity contribution >= 4 is 21.8 Å². The van der Waals surface area contributed by atoms with Crippen LogP contribution in [-0.4, -0.2) is 22.3 Å². The minimum Gasteiger partial charge on any atom is -0.335 e. The molecule has 2 aromatic rings. The zero-order valence-corrected chi connectivity index (χ0v) is 13.2. The van der Waals surface area contributed by atoms with E-state index >= 15 is 0 Å². The van der Waals surface area contributed by atoms with E-state index in [0.29, 0.717) is 18.7 Å². The standard InChI is InChI=1S/C16H17BrN2O/c1-3-19(11-13-4-6-18-7-5-13)16(20)14-8-12(2)9-15(17)10-14/h4-10H,3,11H2,1-2H3. The molecule has 0 N–H and O–H groups in total. The number of carbonyl (C=O) groups excluding carboxylic acids is 1. The fourth-order valence-corrected chi connectivity index (χ4v) is 2.69. The Balaban J connectivity index is 2.20. The van der Waals surface area contributed by atoms with Crippen LogP contribution in [0.25, 0.3) is 0 Å². The monoisotopic (exact) mass is 332 g/mol. The van der Waals surface area contributed by atoms with Gasteiger partial charge in [0.25, 0.3) is 5.91 Å². The Labute approximate surface area is 127 Å². The molecular weight excluding hydrogens is 316 g/mol. The second-order valence-electron chi connectivity index (χ2n) is 4.69. The summed E-state index contributed by atoms with van der Waals surface area (Å²) in [5.74, 6) is 0.0497. The van der Waals surface area contributed by atoms with Crippen LogP contribution >= 0.6 is 15.9 Å². The van der Waals surface area contributed by atoms with Crippen molar-refractivity contribution in [2.45, 2.75) is 20.4 Å². The molecule has 3 nitrogen and oxygen atoms in total. The lowest BCUT2D eigenvalue weighted by Crippen LogP contribution is -2.30. The highest BCUT2D eigenvalue weighted by molar-refractivity contribution is 9.10. The summed E-state index contributed by atoms with van der Waals surface area (Å²) in [5, 5.41) is 0. The Morgan fingerprint density at radius 3 is 2.55 bits per heavy atom. The highest BCUT2D eigenvalue weighted by Crippen LogP contribution is 2.17. The maximum atomic E-state index is 12.6. The SMILES string of the molecule is CCN(Cc1ccncc1)C(=O)c1cc(C)cc(Br)c1. The predicted octanol–water partition coefficient (Wildman–Crippen LogP) is 3.81. The molecule has 0 fully saturated rings. The van der Waals surface area contributed by atoms with Crippen molar-refractivity contribution in [2.24, 2.45) is 0 Å². The summed E-state index contributed by atoms with van der Waals surface area (Å²) in [6.45, 7) is 5.25. The fourth-order valence-electron chi connectivity index (χ4n) is 2.08. The van der Waals surface area contributed by atoms with Crippen LogP contribution in [0.1, 0.15) is 28.4 Å². The van der Waals surface area contributed by atoms with Gasteiger partial charge in [-0.25, -0.2) is 0 Å². The Morgan fingerprint density at radius 2 is 1.95 bits per heavy atom. The first kappa shape index (κ1) is 14.7. The second kappa shape index (κ2) is 6.66. The molecule has 1 aromatic heterocycles. The molecule has 1 amide bonds. The van der Waals surface area contributed by atoms with Gasteiger partial charge in [0.15, 0.2) is 0 Å². The zero-order chi connectivity index (χ0) is 14.5. The number of aromatic nitrogens is 1. The average Bonchev–Trinajstić information content (AvgIpc) is 2.44. The number of rotatable bonds is 4. The second-order valence-corrected chi connectivity index (χ2v) is 5.61. The number of aryl methyl sites for hydroxylation is 1. The summed E-state index contributed by atoms with van der Waals surface area (Å²) in [6.07, 6.45) is 3.49. The maximum Gasteiger partial charge on any atom is 0.254 e. The Kier molecular flexibility index (Phi) is 4.90. The van der Waals surface area contributed by atoms with Gasteiger partial charge >= 0.3 is 0 Å². The maximum absolute atomic E-state index is 12.6. The van der Waals surface area contributed by atoms with Crippen molar-refractivity contribution in [3.63, 3.8) is 0 Å². The van der Waals surface area contributed by atoms with Gasteiger partial charge in [-0.3, -0.25) is 9.78 Å². The van der Waals surface area contributed by atoms with Crippen LogP contribution < -0.4 is 0 Å². The lowest BCUT2D eigenvalue weighted by molar-refractivity contribution is 0.0752. The number of amides is 1. The molecule has 0 aliphatic carbocycles. The highest BCUT2D eigenvalue weighted by Gasteiger charge is 2.15. The highest BCUT2D eigenvalue weighted by atomic mass is 79.9. The van der Waals surface area contributed by atoms with E-state index in [1.54, 1.807) is 12.4 Å². The van der Waals surface area contributed by atoms with Crippen LogP contribution in [0.2, 0.25) is 0 Å². The van der Waals surface area contributed by atoms with Crippen LogP contribution in [0.5, 0.6) is 0 Å². The normalized spacial score (nSPS) is 10.3. The number of nitrogens with zero attached hydrogens (tertiary/aromatic N) is 2. The summed E-state index contributed by atoms with van der Waals surface area (Å²) in [4.78, 5) is 18.4. The molecule has 0 saturated carbocycles. The molecule has 2 rings (SSSR count). The van der Waals surface area contributed by atoms with Crippen LogP contribution in [0.15, 0.2) is 47.2 Å². The van der Waals surface area contributed by atoms with E-state index < -0.39 is 0 Å². The van der Waals surface area contributed by atoms with Gasteiger partial charge in [0.2, 0.25) is 0 Å². The van der Waals surface area contributed by atoms with Gasteiger partial charge < -0.3 is 4.90 Å². The molecule has 0 aliphatic heterocycles. The summed E-state index contributed by atoms with van der Waals surface area (Å²) in [6, 6.07) is 9.65. The predicted molar refractivity (Wildman–Crippen MR) is 83.5 cm³/mol. The lowest BCUT2D eigenvalue weighted by Gasteiger charge is -2.21. The molecular formula is C16H17BrN2O. The summed E-state index contributed by atoms with van der Waals surface area (Å²) < 4.78 is 0.931. The molecule has 0 spiro atoms. The van der Waals surface area contributed by atoms with Gasteiger partial charge in [-0.05, 0) is 55.3 Å². The third kappa shape index (κ3) is 3.67. The van der Waals surface area contributed by atoms with Gasteiger partial charge in [-0.1, -0.05) is 15.9 Å². The molecule has 1 aromatic carbocycles. The van der Waals surface area contributed by atoms with E-state index in [9.17, 15) is 4.79 Å². The quantitative estimate of drug-likeness (QED) is 0.852. The van der Waals surface area contributed by atoms with E-state index in [-0.39, 0.29) is 5.91 Å². The molecule has 0 unspecified atom stereocenters. The van der Waals surface area contributed by atoms with Crippen LogP contribution in [0.3, 0.4) is 0 Å². The Morgan fingerprint density at radius 1 is 1.25 bits per heavy atom. The van der Waals surface area contributed by atoms with Crippen molar-refractivity contribution < 1.29 is 4.79 Å². The number of hydrogen-bond donors (Lipinski definition) is 0. The molecule has 1 heterocycles. The van der Waals surface area contributed by atoms with E-state index in [4.69, 9.17) is 0 Å². The third-order valence-electron chi connectivity index (χ3n) is 3.08. The van der Waals surface area contributed by atoms with Gasteiger partial charge in [0.1, 0.15) is 0 Å². The first-order valence-corrected chi connectivity index (χ1v) is 7.35. The molecule has 4 heteroatoms. The summed E-state index contributed by atoms with van der Waals surface area (Å²) >= 11 is 3.44. The number of carbonyl (C=O) groups is 1. The van der Waals surface area contributed by atoms with Crippen LogP contribution in [0, 0.1) is 6.92 Å². The lowest BCUT2D eigenvalue weighted by atomic mass is 10.1. The minimum absolute atomic E-state index is 0.0497. The number of hydrogen-bond acceptors (Lipinski definition) is 2. The van der Waals surface area contributed by atoms with Crippen molar-refractivity contribution in [3.8, 4) is 0 Å². The van der Waals surface area contributed by atoms with E-state index in [1.165, 1.54) is 0 Å². The van der Waals surface area contributed by atoms with E-state index in [1.807, 2.05) is 49.1 Å². The van der Waals surface area contributed by atoms with Gasteiger partial charge in [0.05, 0.1) is 0 Å². The number of halogens is 1. The average molecular weight is 333 g/mol. The Bertz CT molecular complexity index is 578. The Hall–Kier alpha value is -1.68. The molecule has 0 radical (unpaired) electrons. The largest absolute Gasteiger partial charge is 0.335 e. The molecule has 0 bridgehead atoms. The third-order valence-corrected chi connectivity index (χ3v) is 3.54. The van der Waals surface area contributed by atoms with E-state index in [2.05, 4.69) is 20.9 Å². The summed E-state index contributed by atoms with van der Waals surface area (Å²) in [7, 11) is 0. The van der Waals surface area contributed by atoms with Gasteiger partial charge in [-0.15, -0.1) is 0 Å². The first-order valence-electron chi connectivity index (χ1n) is 6.55. The van der Waals surface area contributed by atoms with Crippen molar-refractivity contribution in [2.75, 3.05) is 6.54 Å². The van der Waals surface area contributed by atoms with Gasteiger partial charge in [-0.2, -0.15) is 0 Å². The molecule has 20 heavy (non-hydrogen) atoms. The van der Waals surface area contributed by atoms with Gasteiger partial charge in [0, 0.05) is 35.5 Å². The zero-order valence-electron chi connectivity index (χ0n) is 11.6. The number of benzene rings is 1. The molecule has 104 valence electrons. The topological polar surface area (TPSA) is 33.2 Å². The number of pyridine rings is 1. The smallest absolute Gasteiger partial charge is 0.254 e. The molecule has 0 atom stereocenters. The molecule has 0 saturated heterocycles. The van der Waals surface area contributed by atoms with Crippen molar-refractivity contribution in [3.05, 3.63) is 63.9 Å². The van der Waals surface area contributed by atoms with Crippen LogP contribution in [-0.2, 0) is 6.54 Å². The molecule has 0 aliphatic rings. The first-order chi connectivity index (χ1) is 9.60. The van der Waals surface area contributed by atoms with E-state index in [0.717, 1.165) is 15.6 Å².